The second kappa shape index (κ2) is 9.80. The normalized spacial score (nSPS) is 16.1. The van der Waals surface area contributed by atoms with Crippen LogP contribution in [-0.4, -0.2) is 41.2 Å². The van der Waals surface area contributed by atoms with Crippen LogP contribution >= 0.6 is 0 Å². The molecule has 2 aromatic carbocycles. The Morgan fingerprint density at radius 1 is 1.10 bits per heavy atom. The Hall–Kier alpha value is -2.42. The van der Waals surface area contributed by atoms with Gasteiger partial charge in [-0.3, -0.25) is 4.79 Å². The molecule has 0 radical (unpaired) electrons. The highest BCUT2D eigenvalue weighted by atomic mass is 32.2. The number of ether oxygens (including phenoxy) is 2. The zero-order valence-corrected chi connectivity index (χ0v) is 19.0. The van der Waals surface area contributed by atoms with Crippen LogP contribution in [0.4, 0.5) is 5.69 Å². The van der Waals surface area contributed by atoms with Gasteiger partial charge in [0.2, 0.25) is 15.9 Å². The Morgan fingerprint density at radius 3 is 2.35 bits per heavy atom. The fourth-order valence-electron chi connectivity index (χ4n) is 3.71. The summed E-state index contributed by atoms with van der Waals surface area (Å²) in [4.78, 5) is 12.0. The van der Waals surface area contributed by atoms with Crippen LogP contribution in [0.15, 0.2) is 53.4 Å². The number of sulfonamides is 1. The quantitative estimate of drug-likeness (QED) is 0.649. The summed E-state index contributed by atoms with van der Waals surface area (Å²) >= 11 is 0. The highest BCUT2D eigenvalue weighted by Gasteiger charge is 2.37. The molecule has 3 rings (SSSR count). The Bertz CT molecular complexity index is 997. The lowest BCUT2D eigenvalue weighted by Gasteiger charge is -2.38. The molecule has 0 saturated carbocycles. The maximum Gasteiger partial charge on any atom is 0.240 e. The first-order chi connectivity index (χ1) is 14.8. The molecule has 7 nitrogen and oxygen atoms in total. The van der Waals surface area contributed by atoms with Gasteiger partial charge in [0, 0.05) is 42.3 Å². The van der Waals surface area contributed by atoms with E-state index < -0.39 is 15.4 Å². The standard InChI is InChI=1S/C23H30N2O5S/c1-17(2)22(26)25-18-8-10-19(11-9-18)31(27,28)24-16-23(12-14-30-15-13-23)20-6-4-5-7-21(20)29-3/h4-11,17,24H,12-16H2,1-3H3,(H,25,26). The minimum Gasteiger partial charge on any atom is -0.496 e. The van der Waals surface area contributed by atoms with Crippen LogP contribution in [0.5, 0.6) is 5.75 Å². The van der Waals surface area contributed by atoms with Gasteiger partial charge in [-0.2, -0.15) is 0 Å². The van der Waals surface area contributed by atoms with Gasteiger partial charge in [0.1, 0.15) is 5.75 Å². The molecule has 31 heavy (non-hydrogen) atoms. The molecule has 8 heteroatoms. The second-order valence-electron chi connectivity index (χ2n) is 8.09. The van der Waals surface area contributed by atoms with Crippen LogP contribution in [0.2, 0.25) is 0 Å². The molecule has 1 aliphatic heterocycles. The van der Waals surface area contributed by atoms with E-state index >= 15 is 0 Å². The summed E-state index contributed by atoms with van der Waals surface area (Å²) in [7, 11) is -2.11. The zero-order valence-electron chi connectivity index (χ0n) is 18.2. The van der Waals surface area contributed by atoms with Crippen LogP contribution in [0.25, 0.3) is 0 Å². The van der Waals surface area contributed by atoms with E-state index in [4.69, 9.17) is 9.47 Å². The SMILES string of the molecule is COc1ccccc1C1(CNS(=O)(=O)c2ccc(NC(=O)C(C)C)cc2)CCOCC1. The van der Waals surface area contributed by atoms with Crippen molar-refractivity contribution < 1.29 is 22.7 Å². The topological polar surface area (TPSA) is 93.7 Å². The van der Waals surface area contributed by atoms with Crippen LogP contribution in [0.3, 0.4) is 0 Å². The Balaban J connectivity index is 1.79. The van der Waals surface area contributed by atoms with Gasteiger partial charge in [-0.25, -0.2) is 13.1 Å². The average Bonchev–Trinajstić information content (AvgIpc) is 2.78. The third-order valence-corrected chi connectivity index (χ3v) is 7.10. The van der Waals surface area contributed by atoms with E-state index in [0.29, 0.717) is 31.7 Å². The maximum atomic E-state index is 13.0. The van der Waals surface area contributed by atoms with Gasteiger partial charge >= 0.3 is 0 Å². The summed E-state index contributed by atoms with van der Waals surface area (Å²) < 4.78 is 39.8. The smallest absolute Gasteiger partial charge is 0.240 e. The number of carbonyl (C=O) groups excluding carboxylic acids is 1. The molecule has 168 valence electrons. The van der Waals surface area contributed by atoms with E-state index in [1.807, 2.05) is 24.3 Å². The van der Waals surface area contributed by atoms with Gasteiger partial charge in [-0.05, 0) is 43.2 Å². The molecular weight excluding hydrogens is 416 g/mol. The van der Waals surface area contributed by atoms with Crippen LogP contribution in [0, 0.1) is 5.92 Å². The molecule has 0 aromatic heterocycles. The summed E-state index contributed by atoms with van der Waals surface area (Å²) in [6.45, 7) is 4.96. The number of methoxy groups -OCH3 is 1. The van der Waals surface area contributed by atoms with Crippen molar-refractivity contribution in [2.75, 3.05) is 32.2 Å². The van der Waals surface area contributed by atoms with Crippen molar-refractivity contribution in [1.82, 2.24) is 4.72 Å². The van der Waals surface area contributed by atoms with Gasteiger partial charge < -0.3 is 14.8 Å². The number of hydrogen-bond donors (Lipinski definition) is 2. The molecule has 0 aliphatic carbocycles. The fourth-order valence-corrected chi connectivity index (χ4v) is 4.83. The second-order valence-corrected chi connectivity index (χ2v) is 9.85. The minimum absolute atomic E-state index is 0.119. The molecule has 1 heterocycles. The van der Waals surface area contributed by atoms with Gasteiger partial charge in [0.25, 0.3) is 0 Å². The first kappa shape index (κ1) is 23.2. The van der Waals surface area contributed by atoms with Gasteiger partial charge in [-0.1, -0.05) is 32.0 Å². The lowest BCUT2D eigenvalue weighted by atomic mass is 9.74. The van der Waals surface area contributed by atoms with Crippen molar-refractivity contribution in [3.05, 3.63) is 54.1 Å². The summed E-state index contributed by atoms with van der Waals surface area (Å²) in [6.07, 6.45) is 1.38. The van der Waals surface area contributed by atoms with Crippen molar-refractivity contribution in [2.45, 2.75) is 37.0 Å². The minimum atomic E-state index is -3.73. The first-order valence-electron chi connectivity index (χ1n) is 10.4. The molecule has 0 unspecified atom stereocenters. The van der Waals surface area contributed by atoms with E-state index in [1.54, 1.807) is 33.1 Å². The lowest BCUT2D eigenvalue weighted by Crippen LogP contribution is -2.44. The van der Waals surface area contributed by atoms with E-state index in [1.165, 1.54) is 12.1 Å². The highest BCUT2D eigenvalue weighted by Crippen LogP contribution is 2.39. The highest BCUT2D eigenvalue weighted by molar-refractivity contribution is 7.89. The van der Waals surface area contributed by atoms with Crippen molar-refractivity contribution in [3.63, 3.8) is 0 Å². The molecular formula is C23H30N2O5S. The monoisotopic (exact) mass is 446 g/mol. The lowest BCUT2D eigenvalue weighted by molar-refractivity contribution is -0.118. The number of benzene rings is 2. The maximum absolute atomic E-state index is 13.0. The first-order valence-corrected chi connectivity index (χ1v) is 11.9. The van der Waals surface area contributed by atoms with Crippen LogP contribution in [0.1, 0.15) is 32.3 Å². The third kappa shape index (κ3) is 5.44. The van der Waals surface area contributed by atoms with E-state index in [0.717, 1.165) is 11.3 Å². The molecule has 1 amide bonds. The van der Waals surface area contributed by atoms with Crippen molar-refractivity contribution in [2.24, 2.45) is 5.92 Å². The van der Waals surface area contributed by atoms with Crippen molar-refractivity contribution in [3.8, 4) is 5.75 Å². The number of amides is 1. The largest absolute Gasteiger partial charge is 0.496 e. The van der Waals surface area contributed by atoms with Gasteiger partial charge in [0.05, 0.1) is 12.0 Å². The Kier molecular flexibility index (Phi) is 7.35. The van der Waals surface area contributed by atoms with Gasteiger partial charge in [0.15, 0.2) is 0 Å². The zero-order chi connectivity index (χ0) is 22.5. The molecule has 2 N–H and O–H groups in total. The summed E-state index contributed by atoms with van der Waals surface area (Å²) in [5, 5.41) is 2.76. The van der Waals surface area contributed by atoms with Crippen LogP contribution < -0.4 is 14.8 Å². The summed E-state index contributed by atoms with van der Waals surface area (Å²) in [5.41, 5.74) is 1.13. The predicted molar refractivity (Wildman–Crippen MR) is 120 cm³/mol. The molecule has 0 atom stereocenters. The molecule has 0 spiro atoms. The number of anilines is 1. The van der Waals surface area contributed by atoms with E-state index in [9.17, 15) is 13.2 Å². The number of para-hydroxylation sites is 1. The fraction of sp³-hybridized carbons (Fsp3) is 0.435. The molecule has 2 aromatic rings. The number of nitrogens with one attached hydrogen (secondary N) is 2. The van der Waals surface area contributed by atoms with E-state index in [2.05, 4.69) is 10.0 Å². The molecule has 1 saturated heterocycles. The summed E-state index contributed by atoms with van der Waals surface area (Å²) in [5.74, 6) is 0.469. The Morgan fingerprint density at radius 2 is 1.74 bits per heavy atom. The number of rotatable bonds is 8. The van der Waals surface area contributed by atoms with Gasteiger partial charge in [-0.15, -0.1) is 0 Å². The average molecular weight is 447 g/mol. The predicted octanol–water partition coefficient (Wildman–Crippen LogP) is 3.32. The van der Waals surface area contributed by atoms with Crippen LogP contribution in [-0.2, 0) is 25.0 Å². The van der Waals surface area contributed by atoms with Crippen molar-refractivity contribution >= 4 is 21.6 Å². The third-order valence-electron chi connectivity index (χ3n) is 5.69. The van der Waals surface area contributed by atoms with Crippen molar-refractivity contribution in [1.29, 1.82) is 0 Å². The Labute approximate surface area is 184 Å². The molecule has 1 aliphatic rings. The number of carbonyl (C=O) groups is 1. The summed E-state index contributed by atoms with van der Waals surface area (Å²) in [6, 6.07) is 13.9. The number of hydrogen-bond acceptors (Lipinski definition) is 5. The van der Waals surface area contributed by atoms with E-state index in [-0.39, 0.29) is 23.3 Å². The molecule has 1 fully saturated rings. The molecule has 0 bridgehead atoms.